The first-order valence-electron chi connectivity index (χ1n) is 6.64. The zero-order chi connectivity index (χ0) is 17.9. The van der Waals surface area contributed by atoms with Gasteiger partial charge in [0.15, 0.2) is 5.82 Å². The molecule has 0 bridgehead atoms. The number of ether oxygens (including phenoxy) is 1. The molecule has 138 valence electrons. The van der Waals surface area contributed by atoms with Gasteiger partial charge in [0.1, 0.15) is 10.2 Å². The van der Waals surface area contributed by atoms with Gasteiger partial charge in [0, 0.05) is 11.6 Å². The SMILES string of the molecule is CCOC(=O)CCSc1ncc(Cl)nc1N.Nc1[c-]ncc(Cl)n1.[Na+].[SH-]. The summed E-state index contributed by atoms with van der Waals surface area (Å²) in [6, 6.07) is 0. The molecular formula is C13H16Cl2N6NaO2S2-. The van der Waals surface area contributed by atoms with Gasteiger partial charge in [-0.1, -0.05) is 29.4 Å². The Balaban J connectivity index is 0. The average Bonchev–Trinajstić information content (AvgIpc) is 2.50. The first-order valence-corrected chi connectivity index (χ1v) is 8.38. The zero-order valence-electron chi connectivity index (χ0n) is 14.1. The standard InChI is InChI=1S/C9H12ClN3O2S.C4H3ClN3.Na.H2S/c1-2-15-7(14)3-4-16-9-8(11)13-6(10)5-12-9;5-3-1-7-2-4(6)8-3;;/h5H,2-4H2,1H3,(H2,11,13);1H,(H2,6,8);;1H2/q;-1;+1;/p-1. The van der Waals surface area contributed by atoms with Crippen LogP contribution in [0.5, 0.6) is 0 Å². The second kappa shape index (κ2) is 15.6. The average molecular weight is 446 g/mol. The van der Waals surface area contributed by atoms with Crippen molar-refractivity contribution in [3.05, 3.63) is 28.9 Å². The van der Waals surface area contributed by atoms with Gasteiger partial charge in [-0.15, -0.1) is 18.0 Å². The molecule has 0 fully saturated rings. The number of nitrogens with two attached hydrogens (primary N) is 2. The van der Waals surface area contributed by atoms with Gasteiger partial charge in [0.05, 0.1) is 24.4 Å². The van der Waals surface area contributed by atoms with Crippen LogP contribution in [0.3, 0.4) is 0 Å². The summed E-state index contributed by atoms with van der Waals surface area (Å²) >= 11 is 12.3. The Morgan fingerprint density at radius 3 is 2.42 bits per heavy atom. The smallest absolute Gasteiger partial charge is 0.813 e. The summed E-state index contributed by atoms with van der Waals surface area (Å²) < 4.78 is 4.79. The van der Waals surface area contributed by atoms with Crippen molar-refractivity contribution in [2.24, 2.45) is 0 Å². The normalized spacial score (nSPS) is 9.04. The number of hydrogen-bond acceptors (Lipinski definition) is 10. The van der Waals surface area contributed by atoms with E-state index in [0.29, 0.717) is 29.0 Å². The number of halogens is 2. The van der Waals surface area contributed by atoms with E-state index < -0.39 is 0 Å². The maximum Gasteiger partial charge on any atom is 1.00 e. The fourth-order valence-corrected chi connectivity index (χ4v) is 2.33. The van der Waals surface area contributed by atoms with E-state index in [1.807, 2.05) is 0 Å². The number of carbonyl (C=O) groups excluding carboxylic acids is 1. The molecule has 0 saturated carbocycles. The predicted octanol–water partition coefficient (Wildman–Crippen LogP) is -0.996. The Labute approximate surface area is 194 Å². The Kier molecular flexibility index (Phi) is 16.6. The van der Waals surface area contributed by atoms with E-state index >= 15 is 0 Å². The summed E-state index contributed by atoms with van der Waals surface area (Å²) in [6.07, 6.45) is 5.52. The number of carbonyl (C=O) groups is 1. The maximum atomic E-state index is 11.0. The molecule has 0 atom stereocenters. The molecule has 2 aromatic heterocycles. The summed E-state index contributed by atoms with van der Waals surface area (Å²) in [4.78, 5) is 26.0. The zero-order valence-corrected chi connectivity index (χ0v) is 19.4. The van der Waals surface area contributed by atoms with Crippen LogP contribution in [0.15, 0.2) is 17.4 Å². The second-order valence-electron chi connectivity index (χ2n) is 3.98. The van der Waals surface area contributed by atoms with E-state index in [1.54, 1.807) is 6.92 Å². The Hall–Kier alpha value is -0.490. The molecule has 8 nitrogen and oxygen atoms in total. The van der Waals surface area contributed by atoms with Gasteiger partial charge in [-0.2, -0.15) is 0 Å². The van der Waals surface area contributed by atoms with E-state index in [0.717, 1.165) is 0 Å². The van der Waals surface area contributed by atoms with Crippen molar-refractivity contribution in [3.63, 3.8) is 0 Å². The number of esters is 1. The molecule has 0 aliphatic rings. The van der Waals surface area contributed by atoms with Gasteiger partial charge in [-0.25, -0.2) is 9.97 Å². The number of rotatable bonds is 5. The first kappa shape index (κ1) is 27.7. The third kappa shape index (κ3) is 12.0. The molecule has 13 heteroatoms. The minimum Gasteiger partial charge on any atom is -0.813 e. The summed E-state index contributed by atoms with van der Waals surface area (Å²) in [5.74, 6) is 0.827. The molecule has 0 aliphatic carbocycles. The van der Waals surface area contributed by atoms with Crippen LogP contribution in [0.1, 0.15) is 13.3 Å². The number of aromatic nitrogens is 4. The van der Waals surface area contributed by atoms with E-state index in [-0.39, 0.29) is 65.8 Å². The van der Waals surface area contributed by atoms with Crippen LogP contribution in [0.4, 0.5) is 11.6 Å². The van der Waals surface area contributed by atoms with E-state index in [2.05, 4.69) is 26.1 Å². The predicted molar refractivity (Wildman–Crippen MR) is 102 cm³/mol. The second-order valence-corrected chi connectivity index (χ2v) is 5.83. The van der Waals surface area contributed by atoms with Gasteiger partial charge in [0.25, 0.3) is 0 Å². The molecule has 2 rings (SSSR count). The van der Waals surface area contributed by atoms with Gasteiger partial charge < -0.3 is 34.7 Å². The summed E-state index contributed by atoms with van der Waals surface area (Å²) in [5, 5.41) is 1.13. The maximum absolute atomic E-state index is 11.0. The van der Waals surface area contributed by atoms with Gasteiger partial charge in [0.2, 0.25) is 0 Å². The number of thiol groups is 1. The van der Waals surface area contributed by atoms with Crippen LogP contribution in [-0.2, 0) is 23.0 Å². The molecule has 0 amide bonds. The summed E-state index contributed by atoms with van der Waals surface area (Å²) in [6.45, 7) is 2.17. The van der Waals surface area contributed by atoms with Crippen LogP contribution in [-0.4, -0.2) is 38.3 Å². The molecule has 0 aliphatic heterocycles. The van der Waals surface area contributed by atoms with Crippen LogP contribution >= 0.6 is 35.0 Å². The topological polar surface area (TPSA) is 130 Å². The summed E-state index contributed by atoms with van der Waals surface area (Å²) in [7, 11) is 0. The van der Waals surface area contributed by atoms with Crippen molar-refractivity contribution in [1.82, 2.24) is 19.9 Å². The molecule has 0 unspecified atom stereocenters. The molecule has 2 heterocycles. The van der Waals surface area contributed by atoms with E-state index in [1.165, 1.54) is 24.2 Å². The summed E-state index contributed by atoms with van der Waals surface area (Å²) in [5.41, 5.74) is 10.7. The number of thioether (sulfide) groups is 1. The molecule has 0 spiro atoms. The molecule has 0 radical (unpaired) electrons. The van der Waals surface area contributed by atoms with Crippen molar-refractivity contribution < 1.29 is 39.1 Å². The van der Waals surface area contributed by atoms with Crippen LogP contribution in [0.25, 0.3) is 0 Å². The fourth-order valence-electron chi connectivity index (χ4n) is 1.27. The molecular weight excluding hydrogens is 430 g/mol. The fraction of sp³-hybridized carbons (Fsp3) is 0.308. The van der Waals surface area contributed by atoms with Crippen LogP contribution < -0.4 is 41.0 Å². The number of nitrogens with zero attached hydrogens (tertiary/aromatic N) is 4. The van der Waals surface area contributed by atoms with Gasteiger partial charge in [-0.3, -0.25) is 9.78 Å². The number of hydrogen-bond donors (Lipinski definition) is 2. The van der Waals surface area contributed by atoms with Crippen molar-refractivity contribution in [2.45, 2.75) is 18.4 Å². The van der Waals surface area contributed by atoms with E-state index in [4.69, 9.17) is 39.4 Å². The third-order valence-corrected chi connectivity index (χ3v) is 3.52. The Bertz CT molecular complexity index is 670. The first-order chi connectivity index (χ1) is 11.4. The monoisotopic (exact) mass is 445 g/mol. The van der Waals surface area contributed by atoms with Crippen molar-refractivity contribution >= 4 is 66.1 Å². The quantitative estimate of drug-likeness (QED) is 0.147. The van der Waals surface area contributed by atoms with Crippen LogP contribution in [0.2, 0.25) is 10.3 Å². The number of nitrogen functional groups attached to an aromatic ring is 2. The molecule has 0 saturated heterocycles. The van der Waals surface area contributed by atoms with E-state index in [9.17, 15) is 4.79 Å². The Morgan fingerprint density at radius 1 is 1.27 bits per heavy atom. The minimum atomic E-state index is -0.226. The number of anilines is 2. The van der Waals surface area contributed by atoms with Crippen molar-refractivity contribution in [2.75, 3.05) is 23.8 Å². The molecule has 0 aromatic carbocycles. The molecule has 26 heavy (non-hydrogen) atoms. The minimum absolute atomic E-state index is 0. The van der Waals surface area contributed by atoms with Gasteiger partial charge in [-0.05, 0) is 6.92 Å². The third-order valence-electron chi connectivity index (χ3n) is 2.16. The largest absolute Gasteiger partial charge is 1.00 e. The molecule has 4 N–H and O–H groups in total. The van der Waals surface area contributed by atoms with Crippen LogP contribution in [0, 0.1) is 6.20 Å². The van der Waals surface area contributed by atoms with Gasteiger partial charge >= 0.3 is 35.5 Å². The van der Waals surface area contributed by atoms with Crippen molar-refractivity contribution in [3.8, 4) is 0 Å². The van der Waals surface area contributed by atoms with Crippen molar-refractivity contribution in [1.29, 1.82) is 0 Å². The molecule has 2 aromatic rings. The Morgan fingerprint density at radius 2 is 1.92 bits per heavy atom.